The number of nitrogens with two attached hydrogens (primary N) is 2. The Bertz CT molecular complexity index is 1100. The van der Waals surface area contributed by atoms with Gasteiger partial charge in [0.15, 0.2) is 0 Å². The van der Waals surface area contributed by atoms with Crippen molar-refractivity contribution in [1.29, 1.82) is 10.8 Å². The van der Waals surface area contributed by atoms with Gasteiger partial charge >= 0.3 is 0 Å². The van der Waals surface area contributed by atoms with Gasteiger partial charge in [-0.15, -0.1) is 0 Å². The van der Waals surface area contributed by atoms with Gasteiger partial charge in [-0.1, -0.05) is 6.07 Å². The van der Waals surface area contributed by atoms with Crippen LogP contribution in [0.25, 0.3) is 11.1 Å². The number of nitrogens with zero attached hydrogens (tertiary/aromatic N) is 5. The zero-order chi connectivity index (χ0) is 22.0. The van der Waals surface area contributed by atoms with Crippen LogP contribution in [0.1, 0.15) is 24.0 Å². The van der Waals surface area contributed by atoms with Crippen LogP contribution in [0.4, 0.5) is 11.5 Å². The largest absolute Gasteiger partial charge is 0.398 e. The van der Waals surface area contributed by atoms with Gasteiger partial charge in [0.25, 0.3) is 0 Å². The second-order valence-electron chi connectivity index (χ2n) is 7.78. The maximum atomic E-state index is 8.80. The van der Waals surface area contributed by atoms with Crippen LogP contribution in [0.15, 0.2) is 48.9 Å². The zero-order valence-electron chi connectivity index (χ0n) is 17.5. The number of aryl methyl sites for hydroxylation is 1. The van der Waals surface area contributed by atoms with Crippen molar-refractivity contribution in [3.05, 3.63) is 60.0 Å². The number of hydrogen-bond acceptors (Lipinski definition) is 7. The molecule has 1 aliphatic heterocycles. The van der Waals surface area contributed by atoms with Crippen LogP contribution < -0.4 is 16.5 Å². The lowest BCUT2D eigenvalue weighted by atomic mass is 9.97. The molecule has 0 radical (unpaired) electrons. The number of pyridine rings is 1. The minimum atomic E-state index is 0.172. The number of hydrazine groups is 1. The number of rotatable bonds is 6. The first-order valence-corrected chi connectivity index (χ1v) is 10.2. The Morgan fingerprint density at radius 3 is 2.65 bits per heavy atom. The first-order valence-electron chi connectivity index (χ1n) is 10.2. The molecule has 1 aliphatic rings. The normalized spacial score (nSPS) is 14.5. The van der Waals surface area contributed by atoms with E-state index in [1.54, 1.807) is 17.1 Å². The Balaban J connectivity index is 1.56. The highest BCUT2D eigenvalue weighted by Crippen LogP contribution is 2.27. The molecular weight excluding hydrogens is 390 g/mol. The summed E-state index contributed by atoms with van der Waals surface area (Å²) in [5, 5.41) is 21.8. The van der Waals surface area contributed by atoms with E-state index in [1.165, 1.54) is 11.3 Å². The molecular formula is C22H27N9. The minimum absolute atomic E-state index is 0.172. The van der Waals surface area contributed by atoms with Crippen molar-refractivity contribution in [3.8, 4) is 11.1 Å². The third-order valence-electron chi connectivity index (χ3n) is 5.75. The Morgan fingerprint density at radius 2 is 1.97 bits per heavy atom. The summed E-state index contributed by atoms with van der Waals surface area (Å²) >= 11 is 0. The molecule has 0 spiro atoms. The third kappa shape index (κ3) is 4.26. The maximum Gasteiger partial charge on any atom is 0.129 e. The molecule has 0 saturated carbocycles. The van der Waals surface area contributed by atoms with Crippen molar-refractivity contribution >= 4 is 23.6 Å². The molecule has 1 saturated heterocycles. The molecule has 1 aromatic carbocycles. The summed E-state index contributed by atoms with van der Waals surface area (Å²) in [6.45, 7) is 1.60. The van der Waals surface area contributed by atoms with Crippen molar-refractivity contribution < 1.29 is 0 Å². The summed E-state index contributed by atoms with van der Waals surface area (Å²) in [5.74, 6) is 6.68. The Kier molecular flexibility index (Phi) is 5.68. The van der Waals surface area contributed by atoms with Crippen LogP contribution >= 0.6 is 0 Å². The van der Waals surface area contributed by atoms with Crippen molar-refractivity contribution in [3.63, 3.8) is 0 Å². The first-order chi connectivity index (χ1) is 15.0. The molecule has 0 aliphatic carbocycles. The molecule has 9 heteroatoms. The quantitative estimate of drug-likeness (QED) is 0.160. The number of benzene rings is 1. The van der Waals surface area contributed by atoms with Gasteiger partial charge in [-0.2, -0.15) is 5.10 Å². The average Bonchev–Trinajstić information content (AvgIpc) is 3.25. The summed E-state index contributed by atoms with van der Waals surface area (Å²) in [6.07, 6.45) is 8.36. The monoisotopic (exact) mass is 417 g/mol. The molecule has 0 amide bonds. The summed E-state index contributed by atoms with van der Waals surface area (Å²) < 4.78 is 1.75. The van der Waals surface area contributed by atoms with Crippen molar-refractivity contribution in [2.45, 2.75) is 18.9 Å². The molecule has 1 fully saturated rings. The molecule has 160 valence electrons. The molecule has 6 N–H and O–H groups in total. The van der Waals surface area contributed by atoms with Crippen LogP contribution in [-0.2, 0) is 7.05 Å². The van der Waals surface area contributed by atoms with Gasteiger partial charge in [-0.3, -0.25) is 20.5 Å². The molecule has 3 aromatic rings. The lowest BCUT2D eigenvalue weighted by Crippen LogP contribution is -2.47. The minimum Gasteiger partial charge on any atom is -0.398 e. The molecule has 31 heavy (non-hydrogen) atoms. The van der Waals surface area contributed by atoms with Gasteiger partial charge in [-0.25, -0.2) is 10.8 Å². The Morgan fingerprint density at radius 1 is 1.19 bits per heavy atom. The second-order valence-corrected chi connectivity index (χ2v) is 7.78. The van der Waals surface area contributed by atoms with Crippen LogP contribution in [0.3, 0.4) is 0 Å². The van der Waals surface area contributed by atoms with Gasteiger partial charge in [0.2, 0.25) is 0 Å². The Hall–Kier alpha value is -3.72. The van der Waals surface area contributed by atoms with Crippen LogP contribution in [0, 0.1) is 10.8 Å². The molecule has 0 bridgehead atoms. The smallest absolute Gasteiger partial charge is 0.129 e. The van der Waals surface area contributed by atoms with Crippen molar-refractivity contribution in [1.82, 2.24) is 19.8 Å². The van der Waals surface area contributed by atoms with Crippen molar-refractivity contribution in [2.75, 3.05) is 23.7 Å². The van der Waals surface area contributed by atoms with Gasteiger partial charge < -0.3 is 10.6 Å². The predicted octanol–water partition coefficient (Wildman–Crippen LogP) is 2.23. The third-order valence-corrected chi connectivity index (χ3v) is 5.75. The lowest BCUT2D eigenvalue weighted by Gasteiger charge is -2.36. The topological polar surface area (TPSA) is 137 Å². The van der Waals surface area contributed by atoms with Gasteiger partial charge in [0.05, 0.1) is 18.2 Å². The highest BCUT2D eigenvalue weighted by molar-refractivity contribution is 6.14. The fourth-order valence-corrected chi connectivity index (χ4v) is 3.92. The summed E-state index contributed by atoms with van der Waals surface area (Å²) in [4.78, 5) is 6.71. The maximum absolute atomic E-state index is 8.80. The van der Waals surface area contributed by atoms with E-state index in [1.807, 2.05) is 43.6 Å². The van der Waals surface area contributed by atoms with E-state index in [-0.39, 0.29) is 6.04 Å². The summed E-state index contributed by atoms with van der Waals surface area (Å²) in [5.41, 5.74) is 10.5. The van der Waals surface area contributed by atoms with E-state index < -0.39 is 0 Å². The van der Waals surface area contributed by atoms with Gasteiger partial charge in [0, 0.05) is 61.0 Å². The van der Waals surface area contributed by atoms with E-state index in [0.717, 1.165) is 48.4 Å². The number of piperidine rings is 1. The predicted molar refractivity (Wildman–Crippen MR) is 123 cm³/mol. The fraction of sp³-hybridized carbons (Fsp3) is 0.273. The molecule has 2 aromatic heterocycles. The summed E-state index contributed by atoms with van der Waals surface area (Å²) in [6, 6.07) is 9.67. The lowest BCUT2D eigenvalue weighted by molar-refractivity contribution is 0.277. The van der Waals surface area contributed by atoms with Crippen LogP contribution in [0.5, 0.6) is 0 Å². The number of aromatic nitrogens is 3. The molecule has 9 nitrogen and oxygen atoms in total. The molecule has 3 heterocycles. The van der Waals surface area contributed by atoms with Crippen molar-refractivity contribution in [2.24, 2.45) is 12.9 Å². The van der Waals surface area contributed by atoms with E-state index in [0.29, 0.717) is 17.0 Å². The number of nitrogens with one attached hydrogen (secondary N) is 2. The van der Waals surface area contributed by atoms with E-state index in [2.05, 4.69) is 15.0 Å². The SMILES string of the molecule is Cn1cc(-c2ccc(N)c(C(=N)c3ccnc(N4CCC(N(N)C=N)CC4)c3)c2)cn1. The Labute approximate surface area is 181 Å². The highest BCUT2D eigenvalue weighted by atomic mass is 15.4. The number of nitrogen functional groups attached to an aromatic ring is 1. The fourth-order valence-electron chi connectivity index (χ4n) is 3.92. The van der Waals surface area contributed by atoms with E-state index in [4.69, 9.17) is 22.4 Å². The highest BCUT2D eigenvalue weighted by Gasteiger charge is 2.23. The van der Waals surface area contributed by atoms with E-state index in [9.17, 15) is 0 Å². The summed E-state index contributed by atoms with van der Waals surface area (Å²) in [7, 11) is 1.88. The van der Waals surface area contributed by atoms with Crippen LogP contribution in [-0.4, -0.2) is 51.0 Å². The van der Waals surface area contributed by atoms with Gasteiger partial charge in [0.1, 0.15) is 5.82 Å². The van der Waals surface area contributed by atoms with E-state index >= 15 is 0 Å². The molecule has 0 atom stereocenters. The molecule has 0 unspecified atom stereocenters. The average molecular weight is 418 g/mol. The number of anilines is 2. The number of hydrogen-bond donors (Lipinski definition) is 4. The van der Waals surface area contributed by atoms with Crippen LogP contribution in [0.2, 0.25) is 0 Å². The molecule has 4 rings (SSSR count). The first kappa shape index (κ1) is 20.5. The standard InChI is InChI=1S/C22H27N9/c1-29-13-17(12-28-29)15-2-3-20(24)19(10-15)22(25)16-4-7-27-21(11-16)30-8-5-18(6-9-30)31(26)14-23/h2-4,7,10-14,18,23,25H,5-6,8-9,24,26H2,1H3. The zero-order valence-corrected chi connectivity index (χ0v) is 17.5. The van der Waals surface area contributed by atoms with Gasteiger partial charge in [-0.05, 0) is 42.7 Å². The second kappa shape index (κ2) is 8.57.